The summed E-state index contributed by atoms with van der Waals surface area (Å²) in [4.78, 5) is 29.6. The summed E-state index contributed by atoms with van der Waals surface area (Å²) in [6.45, 7) is 4.72. The Morgan fingerprint density at radius 3 is 2.49 bits per heavy atom. The summed E-state index contributed by atoms with van der Waals surface area (Å²) in [5, 5.41) is 8.43. The molecular formula is C26H29N5O4. The van der Waals surface area contributed by atoms with Gasteiger partial charge >= 0.3 is 0 Å². The number of carbonyl (C=O) groups is 2. The van der Waals surface area contributed by atoms with Gasteiger partial charge in [0.15, 0.2) is 5.69 Å². The van der Waals surface area contributed by atoms with Gasteiger partial charge in [0.05, 0.1) is 32.4 Å². The van der Waals surface area contributed by atoms with E-state index in [0.29, 0.717) is 49.9 Å². The second-order valence-corrected chi connectivity index (χ2v) is 8.94. The molecule has 9 heteroatoms. The van der Waals surface area contributed by atoms with Crippen LogP contribution >= 0.6 is 0 Å². The van der Waals surface area contributed by atoms with Crippen LogP contribution in [0, 0.1) is 6.92 Å². The Hall–Kier alpha value is -3.72. The first-order valence-electron chi connectivity index (χ1n) is 11.8. The smallest absolute Gasteiger partial charge is 0.276 e. The van der Waals surface area contributed by atoms with Crippen molar-refractivity contribution in [3.63, 3.8) is 0 Å². The fraction of sp³-hybridized carbons (Fsp3) is 0.385. The van der Waals surface area contributed by atoms with E-state index in [1.165, 1.54) is 5.56 Å². The molecular weight excluding hydrogens is 446 g/mol. The van der Waals surface area contributed by atoms with Crippen molar-refractivity contribution in [3.8, 4) is 5.75 Å². The van der Waals surface area contributed by atoms with Crippen molar-refractivity contribution in [2.24, 2.45) is 0 Å². The van der Waals surface area contributed by atoms with Gasteiger partial charge in [-0.15, -0.1) is 5.10 Å². The van der Waals surface area contributed by atoms with Gasteiger partial charge in [0.25, 0.3) is 5.91 Å². The van der Waals surface area contributed by atoms with Gasteiger partial charge in [-0.2, -0.15) is 0 Å². The summed E-state index contributed by atoms with van der Waals surface area (Å²) >= 11 is 0. The molecule has 0 N–H and O–H groups in total. The lowest BCUT2D eigenvalue weighted by Crippen LogP contribution is -2.51. The van der Waals surface area contributed by atoms with Gasteiger partial charge in [-0.3, -0.25) is 9.59 Å². The average molecular weight is 476 g/mol. The van der Waals surface area contributed by atoms with Gasteiger partial charge in [-0.25, -0.2) is 4.68 Å². The zero-order valence-corrected chi connectivity index (χ0v) is 20.0. The number of hydrogen-bond acceptors (Lipinski definition) is 6. The van der Waals surface area contributed by atoms with Crippen LogP contribution in [0.15, 0.2) is 48.5 Å². The third-order valence-electron chi connectivity index (χ3n) is 6.70. The minimum absolute atomic E-state index is 0.0261. The highest BCUT2D eigenvalue weighted by Crippen LogP contribution is 2.28. The number of para-hydroxylation sites is 1. The van der Waals surface area contributed by atoms with Crippen molar-refractivity contribution in [1.29, 1.82) is 0 Å². The van der Waals surface area contributed by atoms with Crippen molar-refractivity contribution in [2.75, 3.05) is 33.3 Å². The Morgan fingerprint density at radius 1 is 1.03 bits per heavy atom. The minimum atomic E-state index is -0.166. The zero-order valence-electron chi connectivity index (χ0n) is 20.0. The van der Waals surface area contributed by atoms with E-state index in [9.17, 15) is 9.59 Å². The lowest BCUT2D eigenvalue weighted by atomic mass is 10.1. The number of hydrogen-bond donors (Lipinski definition) is 0. The second kappa shape index (κ2) is 9.87. The molecule has 5 rings (SSSR count). The van der Waals surface area contributed by atoms with E-state index in [1.807, 2.05) is 24.3 Å². The molecule has 1 unspecified atom stereocenters. The molecule has 2 aliphatic rings. The molecule has 2 aromatic carbocycles. The SMILES string of the molecule is COc1ccccc1CC(=O)N1CCN(C(=O)c2nnn3c2COC(c2ccc(C)cc2)C3)CC1. The Kier molecular flexibility index (Phi) is 6.50. The fourth-order valence-electron chi connectivity index (χ4n) is 4.59. The second-order valence-electron chi connectivity index (χ2n) is 8.94. The maximum atomic E-state index is 13.2. The number of benzene rings is 2. The quantitative estimate of drug-likeness (QED) is 0.563. The maximum Gasteiger partial charge on any atom is 0.276 e. The molecule has 0 aliphatic carbocycles. The molecule has 3 aromatic rings. The molecule has 1 atom stereocenters. The van der Waals surface area contributed by atoms with Gasteiger partial charge in [0.2, 0.25) is 5.91 Å². The first-order valence-corrected chi connectivity index (χ1v) is 11.8. The molecule has 0 bridgehead atoms. The van der Waals surface area contributed by atoms with E-state index in [-0.39, 0.29) is 30.9 Å². The highest BCUT2D eigenvalue weighted by atomic mass is 16.5. The van der Waals surface area contributed by atoms with Crippen LogP contribution in [0.25, 0.3) is 0 Å². The predicted octanol–water partition coefficient (Wildman–Crippen LogP) is 2.39. The third kappa shape index (κ3) is 4.77. The number of aromatic nitrogens is 3. The first kappa shape index (κ1) is 23.0. The molecule has 0 saturated carbocycles. The highest BCUT2D eigenvalue weighted by Gasteiger charge is 2.32. The average Bonchev–Trinajstić information content (AvgIpc) is 3.32. The van der Waals surface area contributed by atoms with E-state index < -0.39 is 0 Å². The van der Waals surface area contributed by atoms with Crippen LogP contribution in [0.3, 0.4) is 0 Å². The molecule has 2 aliphatic heterocycles. The summed E-state index contributed by atoms with van der Waals surface area (Å²) < 4.78 is 13.2. The van der Waals surface area contributed by atoms with E-state index in [4.69, 9.17) is 9.47 Å². The molecule has 2 amide bonds. The largest absolute Gasteiger partial charge is 0.496 e. The molecule has 1 aromatic heterocycles. The highest BCUT2D eigenvalue weighted by molar-refractivity contribution is 5.93. The number of fused-ring (bicyclic) bond motifs is 1. The van der Waals surface area contributed by atoms with Crippen LogP contribution in [0.1, 0.15) is 39.0 Å². The maximum absolute atomic E-state index is 13.2. The van der Waals surface area contributed by atoms with Crippen LogP contribution in [0.5, 0.6) is 5.75 Å². The Bertz CT molecular complexity index is 1210. The molecule has 3 heterocycles. The lowest BCUT2D eigenvalue weighted by molar-refractivity contribution is -0.131. The Morgan fingerprint density at radius 2 is 1.74 bits per heavy atom. The van der Waals surface area contributed by atoms with E-state index >= 15 is 0 Å². The van der Waals surface area contributed by atoms with Gasteiger partial charge in [0.1, 0.15) is 11.9 Å². The normalized spacial score (nSPS) is 17.7. The number of nitrogens with zero attached hydrogens (tertiary/aromatic N) is 5. The molecule has 0 spiro atoms. The number of aryl methyl sites for hydroxylation is 1. The molecule has 0 radical (unpaired) electrons. The van der Waals surface area contributed by atoms with Gasteiger partial charge in [-0.05, 0) is 18.6 Å². The van der Waals surface area contributed by atoms with Crippen molar-refractivity contribution in [2.45, 2.75) is 32.6 Å². The summed E-state index contributed by atoms with van der Waals surface area (Å²) in [7, 11) is 1.60. The van der Waals surface area contributed by atoms with Gasteiger partial charge in [0, 0.05) is 31.7 Å². The van der Waals surface area contributed by atoms with Crippen LogP contribution in [-0.4, -0.2) is 69.9 Å². The van der Waals surface area contributed by atoms with Crippen molar-refractivity contribution >= 4 is 11.8 Å². The molecule has 1 saturated heterocycles. The first-order chi connectivity index (χ1) is 17.0. The van der Waals surface area contributed by atoms with Crippen LogP contribution < -0.4 is 4.74 Å². The standard InChI is InChI=1S/C26H29N5O4/c1-18-7-9-19(10-8-18)23-16-31-21(17-35-23)25(27-28-31)26(33)30-13-11-29(12-14-30)24(32)15-20-5-3-4-6-22(20)34-2/h3-10,23H,11-17H2,1-2H3. The minimum Gasteiger partial charge on any atom is -0.496 e. The van der Waals surface area contributed by atoms with E-state index in [1.54, 1.807) is 21.6 Å². The van der Waals surface area contributed by atoms with Gasteiger partial charge in [-0.1, -0.05) is 53.2 Å². The fourth-order valence-corrected chi connectivity index (χ4v) is 4.59. The van der Waals surface area contributed by atoms with E-state index in [0.717, 1.165) is 11.1 Å². The van der Waals surface area contributed by atoms with Crippen LogP contribution in [0.2, 0.25) is 0 Å². The number of carbonyl (C=O) groups excluding carboxylic acids is 2. The third-order valence-corrected chi connectivity index (χ3v) is 6.70. The molecule has 9 nitrogen and oxygen atoms in total. The molecule has 35 heavy (non-hydrogen) atoms. The van der Waals surface area contributed by atoms with Crippen LogP contribution in [-0.2, 0) is 29.1 Å². The number of amides is 2. The zero-order chi connectivity index (χ0) is 24.4. The topological polar surface area (TPSA) is 89.8 Å². The number of piperazine rings is 1. The lowest BCUT2D eigenvalue weighted by Gasteiger charge is -2.34. The summed E-state index contributed by atoms with van der Waals surface area (Å²) in [5.41, 5.74) is 4.17. The predicted molar refractivity (Wildman–Crippen MR) is 128 cm³/mol. The van der Waals surface area contributed by atoms with Crippen molar-refractivity contribution in [3.05, 3.63) is 76.6 Å². The number of methoxy groups -OCH3 is 1. The van der Waals surface area contributed by atoms with Crippen molar-refractivity contribution in [1.82, 2.24) is 24.8 Å². The monoisotopic (exact) mass is 475 g/mol. The van der Waals surface area contributed by atoms with Crippen LogP contribution in [0.4, 0.5) is 0 Å². The summed E-state index contributed by atoms with van der Waals surface area (Å²) in [5.74, 6) is 0.567. The number of ether oxygens (including phenoxy) is 2. The molecule has 182 valence electrons. The molecule has 1 fully saturated rings. The summed E-state index contributed by atoms with van der Waals surface area (Å²) in [6, 6.07) is 15.8. The van der Waals surface area contributed by atoms with E-state index in [2.05, 4.69) is 41.5 Å². The number of rotatable bonds is 5. The Labute approximate surface area is 204 Å². The Balaban J connectivity index is 1.19. The van der Waals surface area contributed by atoms with Gasteiger partial charge < -0.3 is 19.3 Å². The summed E-state index contributed by atoms with van der Waals surface area (Å²) in [6.07, 6.45) is 0.154. The van der Waals surface area contributed by atoms with Crippen molar-refractivity contribution < 1.29 is 19.1 Å².